The molecule has 2 unspecified atom stereocenters. The van der Waals surface area contributed by atoms with E-state index in [1.165, 1.54) is 6.92 Å². The van der Waals surface area contributed by atoms with E-state index in [2.05, 4.69) is 5.32 Å². The smallest absolute Gasteiger partial charge is 0.216 e. The van der Waals surface area contributed by atoms with Crippen molar-refractivity contribution in [3.63, 3.8) is 0 Å². The molecular formula is C13H19NO3. The van der Waals surface area contributed by atoms with Gasteiger partial charge in [-0.05, 0) is 30.5 Å². The number of carbonyl (C=O) groups is 1. The molecule has 1 amide bonds. The Balaban J connectivity index is 2.77. The molecule has 3 N–H and O–H groups in total. The van der Waals surface area contributed by atoms with Crippen LogP contribution in [0.1, 0.15) is 29.7 Å². The first-order chi connectivity index (χ1) is 7.93. The highest BCUT2D eigenvalue weighted by atomic mass is 16.3. The van der Waals surface area contributed by atoms with E-state index in [0.29, 0.717) is 5.56 Å². The molecule has 2 atom stereocenters. The molecule has 4 nitrogen and oxygen atoms in total. The molecule has 0 aliphatic rings. The van der Waals surface area contributed by atoms with Gasteiger partial charge >= 0.3 is 0 Å². The summed E-state index contributed by atoms with van der Waals surface area (Å²) in [5.74, 6) is -0.225. The van der Waals surface area contributed by atoms with Crippen molar-refractivity contribution < 1.29 is 15.0 Å². The summed E-state index contributed by atoms with van der Waals surface area (Å²) in [5, 5.41) is 22.3. The first-order valence-electron chi connectivity index (χ1n) is 5.60. The zero-order valence-electron chi connectivity index (χ0n) is 10.4. The van der Waals surface area contributed by atoms with Crippen LogP contribution in [-0.4, -0.2) is 28.8 Å². The van der Waals surface area contributed by atoms with Crippen molar-refractivity contribution in [3.05, 3.63) is 34.9 Å². The van der Waals surface area contributed by atoms with Gasteiger partial charge in [0.25, 0.3) is 0 Å². The first-order valence-corrected chi connectivity index (χ1v) is 5.60. The van der Waals surface area contributed by atoms with Crippen LogP contribution in [0.2, 0.25) is 0 Å². The maximum absolute atomic E-state index is 10.7. The van der Waals surface area contributed by atoms with Crippen LogP contribution in [0.3, 0.4) is 0 Å². The topological polar surface area (TPSA) is 69.6 Å². The third-order valence-corrected chi connectivity index (χ3v) is 2.89. The van der Waals surface area contributed by atoms with Crippen molar-refractivity contribution in [1.82, 2.24) is 5.32 Å². The minimum atomic E-state index is -1.00. The van der Waals surface area contributed by atoms with Crippen LogP contribution >= 0.6 is 0 Å². The average molecular weight is 237 g/mol. The number of aliphatic hydroxyl groups excluding tert-OH is 2. The Hall–Kier alpha value is -1.39. The minimum Gasteiger partial charge on any atom is -0.388 e. The second-order valence-corrected chi connectivity index (χ2v) is 4.24. The Labute approximate surface area is 101 Å². The molecule has 0 saturated heterocycles. The highest BCUT2D eigenvalue weighted by Gasteiger charge is 2.20. The predicted molar refractivity (Wildman–Crippen MR) is 65.6 cm³/mol. The van der Waals surface area contributed by atoms with Gasteiger partial charge in [-0.25, -0.2) is 0 Å². The van der Waals surface area contributed by atoms with Crippen LogP contribution in [-0.2, 0) is 4.79 Å². The molecular weight excluding hydrogens is 218 g/mol. The molecule has 1 aromatic rings. The molecule has 94 valence electrons. The number of amides is 1. The zero-order valence-corrected chi connectivity index (χ0v) is 10.4. The summed E-state index contributed by atoms with van der Waals surface area (Å²) in [6, 6.07) is 5.57. The molecule has 0 fully saturated rings. The predicted octanol–water partition coefficient (Wildman–Crippen LogP) is 0.834. The summed E-state index contributed by atoms with van der Waals surface area (Å²) in [6.07, 6.45) is -1.99. The highest BCUT2D eigenvalue weighted by Crippen LogP contribution is 2.22. The van der Waals surface area contributed by atoms with Crippen molar-refractivity contribution in [2.24, 2.45) is 0 Å². The van der Waals surface area contributed by atoms with E-state index in [1.54, 1.807) is 6.07 Å². The van der Waals surface area contributed by atoms with Crippen LogP contribution in [0.25, 0.3) is 0 Å². The number of carbonyl (C=O) groups excluding carboxylic acids is 1. The second-order valence-electron chi connectivity index (χ2n) is 4.24. The van der Waals surface area contributed by atoms with Crippen LogP contribution in [0.15, 0.2) is 18.2 Å². The standard InChI is InChI=1S/C13H19NO3/c1-8-5-4-6-11(9(8)2)13(17)12(16)7-14-10(3)15/h4-6,12-13,16-17H,7H2,1-3H3,(H,14,15). The molecule has 0 aliphatic heterocycles. The molecule has 0 aliphatic carbocycles. The lowest BCUT2D eigenvalue weighted by Crippen LogP contribution is -2.34. The lowest BCUT2D eigenvalue weighted by Gasteiger charge is -2.20. The quantitative estimate of drug-likeness (QED) is 0.726. The van der Waals surface area contributed by atoms with E-state index >= 15 is 0 Å². The maximum atomic E-state index is 10.7. The number of nitrogens with one attached hydrogen (secondary N) is 1. The normalized spacial score (nSPS) is 14.2. The fraction of sp³-hybridized carbons (Fsp3) is 0.462. The SMILES string of the molecule is CC(=O)NCC(O)C(O)c1cccc(C)c1C. The Bertz CT molecular complexity index is 404. The summed E-state index contributed by atoms with van der Waals surface area (Å²) >= 11 is 0. The van der Waals surface area contributed by atoms with Crippen LogP contribution in [0.4, 0.5) is 0 Å². The van der Waals surface area contributed by atoms with Crippen LogP contribution in [0.5, 0.6) is 0 Å². The lowest BCUT2D eigenvalue weighted by atomic mass is 9.96. The molecule has 17 heavy (non-hydrogen) atoms. The Morgan fingerprint density at radius 2 is 2.00 bits per heavy atom. The summed E-state index contributed by atoms with van der Waals surface area (Å²) < 4.78 is 0. The van der Waals surface area contributed by atoms with Crippen molar-refractivity contribution >= 4 is 5.91 Å². The summed E-state index contributed by atoms with van der Waals surface area (Å²) in [4.78, 5) is 10.7. The average Bonchev–Trinajstić information content (AvgIpc) is 2.28. The van der Waals surface area contributed by atoms with Crippen molar-refractivity contribution in [3.8, 4) is 0 Å². The van der Waals surface area contributed by atoms with E-state index in [-0.39, 0.29) is 12.5 Å². The van der Waals surface area contributed by atoms with Gasteiger partial charge in [-0.2, -0.15) is 0 Å². The fourth-order valence-corrected chi connectivity index (χ4v) is 1.66. The third kappa shape index (κ3) is 3.54. The highest BCUT2D eigenvalue weighted by molar-refractivity contribution is 5.72. The van der Waals surface area contributed by atoms with Gasteiger partial charge in [0.05, 0.1) is 0 Å². The summed E-state index contributed by atoms with van der Waals surface area (Å²) in [5.41, 5.74) is 2.72. The minimum absolute atomic E-state index is 0.0455. The molecule has 0 aromatic heterocycles. The molecule has 0 saturated carbocycles. The molecule has 0 radical (unpaired) electrons. The van der Waals surface area contributed by atoms with E-state index in [0.717, 1.165) is 11.1 Å². The monoisotopic (exact) mass is 237 g/mol. The van der Waals surface area contributed by atoms with Gasteiger partial charge in [0.2, 0.25) is 5.91 Å². The summed E-state index contributed by atoms with van der Waals surface area (Å²) in [7, 11) is 0. The molecule has 0 bridgehead atoms. The Kier molecular flexibility index (Phi) is 4.66. The van der Waals surface area contributed by atoms with Crippen molar-refractivity contribution in [2.45, 2.75) is 33.0 Å². The fourth-order valence-electron chi connectivity index (χ4n) is 1.66. The Morgan fingerprint density at radius 1 is 1.35 bits per heavy atom. The number of aliphatic hydroxyl groups is 2. The van der Waals surface area contributed by atoms with E-state index in [1.807, 2.05) is 26.0 Å². The maximum Gasteiger partial charge on any atom is 0.216 e. The largest absolute Gasteiger partial charge is 0.388 e. The van der Waals surface area contributed by atoms with E-state index < -0.39 is 12.2 Å². The summed E-state index contributed by atoms with van der Waals surface area (Å²) in [6.45, 7) is 5.27. The third-order valence-electron chi connectivity index (χ3n) is 2.89. The molecule has 0 spiro atoms. The molecule has 4 heteroatoms. The van der Waals surface area contributed by atoms with Gasteiger partial charge in [-0.1, -0.05) is 18.2 Å². The van der Waals surface area contributed by atoms with Gasteiger partial charge in [0.15, 0.2) is 0 Å². The van der Waals surface area contributed by atoms with E-state index in [4.69, 9.17) is 0 Å². The lowest BCUT2D eigenvalue weighted by molar-refractivity contribution is -0.119. The number of hydrogen-bond acceptors (Lipinski definition) is 3. The van der Waals surface area contributed by atoms with Crippen molar-refractivity contribution in [1.29, 1.82) is 0 Å². The zero-order chi connectivity index (χ0) is 13.0. The number of hydrogen-bond donors (Lipinski definition) is 3. The number of aryl methyl sites for hydroxylation is 1. The molecule has 1 aromatic carbocycles. The van der Waals surface area contributed by atoms with Gasteiger partial charge < -0.3 is 15.5 Å². The van der Waals surface area contributed by atoms with Gasteiger partial charge in [0.1, 0.15) is 12.2 Å². The number of rotatable bonds is 4. The Morgan fingerprint density at radius 3 is 2.59 bits per heavy atom. The van der Waals surface area contributed by atoms with Gasteiger partial charge in [0, 0.05) is 13.5 Å². The van der Waals surface area contributed by atoms with Gasteiger partial charge in [-0.3, -0.25) is 4.79 Å². The van der Waals surface area contributed by atoms with E-state index in [9.17, 15) is 15.0 Å². The number of benzene rings is 1. The van der Waals surface area contributed by atoms with Crippen LogP contribution < -0.4 is 5.32 Å². The molecule has 0 heterocycles. The van der Waals surface area contributed by atoms with Gasteiger partial charge in [-0.15, -0.1) is 0 Å². The second kappa shape index (κ2) is 5.80. The van der Waals surface area contributed by atoms with Crippen LogP contribution in [0, 0.1) is 13.8 Å². The molecule has 1 rings (SSSR count). The first kappa shape index (κ1) is 13.7. The van der Waals surface area contributed by atoms with Crippen molar-refractivity contribution in [2.75, 3.05) is 6.54 Å².